The third kappa shape index (κ3) is 3.57. The Morgan fingerprint density at radius 2 is 1.70 bits per heavy atom. The zero-order valence-corrected chi connectivity index (χ0v) is 18.3. The van der Waals surface area contributed by atoms with Crippen LogP contribution in [0.25, 0.3) is 22.2 Å². The number of pyridine rings is 2. The molecule has 33 heavy (non-hydrogen) atoms. The zero-order chi connectivity index (χ0) is 23.0. The number of hydrazone groups is 1. The Morgan fingerprint density at radius 1 is 1.00 bits per heavy atom. The molecule has 0 fully saturated rings. The monoisotopic (exact) mass is 438 g/mol. The molecule has 7 nitrogen and oxygen atoms in total. The molecule has 1 aliphatic heterocycles. The summed E-state index contributed by atoms with van der Waals surface area (Å²) in [5.74, 6) is 0.000497. The summed E-state index contributed by atoms with van der Waals surface area (Å²) in [4.78, 5) is 30.4. The second-order valence-corrected chi connectivity index (χ2v) is 8.01. The smallest absolute Gasteiger partial charge is 0.260 e. The van der Waals surface area contributed by atoms with Crippen LogP contribution in [0.4, 0.5) is 0 Å². The molecule has 1 amide bonds. The van der Waals surface area contributed by atoms with E-state index in [0.717, 1.165) is 16.5 Å². The number of hydrogen-bond donors (Lipinski definition) is 0. The van der Waals surface area contributed by atoms with Gasteiger partial charge >= 0.3 is 0 Å². The largest absolute Gasteiger partial charge is 0.446 e. The van der Waals surface area contributed by atoms with E-state index < -0.39 is 5.72 Å². The van der Waals surface area contributed by atoms with Crippen LogP contribution < -0.4 is 5.56 Å². The van der Waals surface area contributed by atoms with Crippen molar-refractivity contribution in [2.75, 3.05) is 0 Å². The van der Waals surface area contributed by atoms with E-state index in [2.05, 4.69) is 10.1 Å². The van der Waals surface area contributed by atoms with Crippen molar-refractivity contribution < 1.29 is 9.53 Å². The Morgan fingerprint density at radius 3 is 2.39 bits per heavy atom. The summed E-state index contributed by atoms with van der Waals surface area (Å²) in [6, 6.07) is 24.5. The van der Waals surface area contributed by atoms with Gasteiger partial charge in [-0.3, -0.25) is 14.2 Å². The van der Waals surface area contributed by atoms with Crippen molar-refractivity contribution in [1.82, 2.24) is 14.6 Å². The fourth-order valence-electron chi connectivity index (χ4n) is 4.18. The molecule has 0 saturated carbocycles. The maximum atomic E-state index is 13.5. The first-order valence-electron chi connectivity index (χ1n) is 10.6. The normalized spacial score (nSPS) is 17.6. The zero-order valence-electron chi connectivity index (χ0n) is 18.3. The van der Waals surface area contributed by atoms with E-state index in [1.807, 2.05) is 78.9 Å². The molecule has 0 aliphatic carbocycles. The van der Waals surface area contributed by atoms with Crippen molar-refractivity contribution in [3.63, 3.8) is 0 Å². The van der Waals surface area contributed by atoms with Crippen LogP contribution in [0.5, 0.6) is 0 Å². The third-order valence-electron chi connectivity index (χ3n) is 5.77. The van der Waals surface area contributed by atoms with Gasteiger partial charge in [0.15, 0.2) is 0 Å². The highest BCUT2D eigenvalue weighted by Gasteiger charge is 2.44. The van der Waals surface area contributed by atoms with Crippen molar-refractivity contribution in [2.24, 2.45) is 5.10 Å². The second kappa shape index (κ2) is 8.02. The number of carbonyl (C=O) groups is 1. The molecule has 3 heterocycles. The number of amides is 1. The molecule has 2 aromatic heterocycles. The lowest BCUT2D eigenvalue weighted by atomic mass is 10.0. The second-order valence-electron chi connectivity index (χ2n) is 8.01. The number of fused-ring (bicyclic) bond motifs is 1. The molecule has 1 atom stereocenters. The van der Waals surface area contributed by atoms with Gasteiger partial charge in [0.2, 0.25) is 17.5 Å². The van der Waals surface area contributed by atoms with Crippen molar-refractivity contribution in [3.8, 4) is 11.1 Å². The van der Waals surface area contributed by atoms with Crippen LogP contribution in [0.1, 0.15) is 19.4 Å². The lowest BCUT2D eigenvalue weighted by Crippen LogP contribution is -2.41. The molecule has 0 spiro atoms. The minimum Gasteiger partial charge on any atom is -0.446 e. The lowest BCUT2D eigenvalue weighted by molar-refractivity contribution is -0.146. The Bertz CT molecular complexity index is 1430. The van der Waals surface area contributed by atoms with Crippen molar-refractivity contribution in [1.29, 1.82) is 0 Å². The number of benzene rings is 2. The molecule has 1 aliphatic rings. The molecular formula is C26H22N4O3. The predicted molar refractivity (Wildman–Crippen MR) is 126 cm³/mol. The summed E-state index contributed by atoms with van der Waals surface area (Å²) in [5.41, 5.74) is 1.37. The van der Waals surface area contributed by atoms with E-state index in [-0.39, 0.29) is 23.9 Å². The highest BCUT2D eigenvalue weighted by molar-refractivity contribution is 5.86. The molecule has 0 radical (unpaired) electrons. The van der Waals surface area contributed by atoms with Gasteiger partial charge in [0.25, 0.3) is 5.56 Å². The van der Waals surface area contributed by atoms with E-state index in [1.165, 1.54) is 11.9 Å². The van der Waals surface area contributed by atoms with E-state index in [0.29, 0.717) is 11.2 Å². The number of rotatable bonds is 4. The van der Waals surface area contributed by atoms with Crippen LogP contribution in [0.2, 0.25) is 0 Å². The number of hydrogen-bond acceptors (Lipinski definition) is 5. The fraction of sp³-hybridized carbons (Fsp3) is 0.154. The molecule has 7 heteroatoms. The SMILES string of the molecule is CC(=O)N1N=C(Cn2c(=O)c(-c3ccccc3)cc3cccnc32)OC1(C)c1ccccc1. The quantitative estimate of drug-likeness (QED) is 0.480. The number of carbonyl (C=O) groups excluding carboxylic acids is 1. The van der Waals surface area contributed by atoms with Gasteiger partial charge in [0.1, 0.15) is 12.2 Å². The van der Waals surface area contributed by atoms with Crippen LogP contribution >= 0.6 is 0 Å². The summed E-state index contributed by atoms with van der Waals surface area (Å²) >= 11 is 0. The predicted octanol–water partition coefficient (Wildman–Crippen LogP) is 4.13. The van der Waals surface area contributed by atoms with Gasteiger partial charge < -0.3 is 4.74 Å². The van der Waals surface area contributed by atoms with E-state index in [9.17, 15) is 9.59 Å². The van der Waals surface area contributed by atoms with Crippen LogP contribution in [-0.4, -0.2) is 26.4 Å². The van der Waals surface area contributed by atoms with E-state index in [4.69, 9.17) is 4.74 Å². The van der Waals surface area contributed by atoms with Gasteiger partial charge in [-0.15, -0.1) is 5.10 Å². The molecule has 5 rings (SSSR count). The molecule has 0 saturated heterocycles. The summed E-state index contributed by atoms with van der Waals surface area (Å²) in [6.07, 6.45) is 1.65. The molecule has 1 unspecified atom stereocenters. The summed E-state index contributed by atoms with van der Waals surface area (Å²) in [5, 5.41) is 6.60. The van der Waals surface area contributed by atoms with E-state index >= 15 is 0 Å². The first kappa shape index (κ1) is 20.6. The molecule has 2 aromatic carbocycles. The van der Waals surface area contributed by atoms with Crippen LogP contribution in [0, 0.1) is 0 Å². The maximum Gasteiger partial charge on any atom is 0.260 e. The molecule has 164 valence electrons. The van der Waals surface area contributed by atoms with Crippen LogP contribution in [-0.2, 0) is 21.8 Å². The first-order valence-corrected chi connectivity index (χ1v) is 10.6. The summed E-state index contributed by atoms with van der Waals surface area (Å²) in [7, 11) is 0. The minimum atomic E-state index is -1.10. The highest BCUT2D eigenvalue weighted by Crippen LogP contribution is 2.35. The topological polar surface area (TPSA) is 76.8 Å². The highest BCUT2D eigenvalue weighted by atomic mass is 16.6. The molecule has 0 bridgehead atoms. The minimum absolute atomic E-state index is 0.0409. The molecule has 4 aromatic rings. The molecule has 0 N–H and O–H groups in total. The van der Waals surface area contributed by atoms with Gasteiger partial charge in [0.05, 0.1) is 0 Å². The van der Waals surface area contributed by atoms with Gasteiger partial charge in [-0.1, -0.05) is 60.7 Å². The van der Waals surface area contributed by atoms with Gasteiger partial charge in [-0.05, 0) is 23.8 Å². The lowest BCUT2D eigenvalue weighted by Gasteiger charge is -2.31. The van der Waals surface area contributed by atoms with Crippen LogP contribution in [0.15, 0.2) is 95.0 Å². The average molecular weight is 438 g/mol. The van der Waals surface area contributed by atoms with Gasteiger partial charge in [-0.2, -0.15) is 5.01 Å². The fourth-order valence-corrected chi connectivity index (χ4v) is 4.18. The average Bonchev–Trinajstić information content (AvgIpc) is 3.19. The van der Waals surface area contributed by atoms with E-state index in [1.54, 1.807) is 17.7 Å². The Labute approximate surface area is 190 Å². The Hall–Kier alpha value is -4.26. The molecular weight excluding hydrogens is 416 g/mol. The summed E-state index contributed by atoms with van der Waals surface area (Å²) in [6.45, 7) is 3.27. The summed E-state index contributed by atoms with van der Waals surface area (Å²) < 4.78 is 7.78. The van der Waals surface area contributed by atoms with Gasteiger partial charge in [-0.25, -0.2) is 4.98 Å². The Balaban J connectivity index is 1.61. The number of nitrogens with zero attached hydrogens (tertiary/aromatic N) is 4. The first-order chi connectivity index (χ1) is 16.0. The number of ether oxygens (including phenoxy) is 1. The van der Waals surface area contributed by atoms with Gasteiger partial charge in [0, 0.05) is 36.6 Å². The standard InChI is InChI=1S/C26H22N4O3/c1-18(31)30-26(2,21-13-7-4-8-14-21)33-23(28-30)17-29-24-20(12-9-15-27-24)16-22(25(29)32)19-10-5-3-6-11-19/h3-16H,17H2,1-2H3. The van der Waals surface area contributed by atoms with Crippen molar-refractivity contribution >= 4 is 22.8 Å². The number of aromatic nitrogens is 2. The van der Waals surface area contributed by atoms with Crippen LogP contribution in [0.3, 0.4) is 0 Å². The third-order valence-corrected chi connectivity index (χ3v) is 5.77. The Kier molecular flexibility index (Phi) is 5.01. The van der Waals surface area contributed by atoms with Crippen molar-refractivity contribution in [2.45, 2.75) is 26.1 Å². The van der Waals surface area contributed by atoms with Crippen molar-refractivity contribution in [3.05, 3.63) is 101 Å². The maximum absolute atomic E-state index is 13.5.